The van der Waals surface area contributed by atoms with E-state index >= 15 is 9.59 Å². The van der Waals surface area contributed by atoms with Gasteiger partial charge in [-0.25, -0.2) is 24.4 Å². The van der Waals surface area contributed by atoms with Crippen molar-refractivity contribution >= 4 is 167 Å². The van der Waals surface area contributed by atoms with Crippen molar-refractivity contribution in [1.29, 1.82) is 0 Å². The largest absolute Gasteiger partial charge is 0.481 e. The van der Waals surface area contributed by atoms with Gasteiger partial charge < -0.3 is 197 Å². The first-order valence-electron chi connectivity index (χ1n) is 46.6. The molecule has 1 aromatic carbocycles. The molecule has 0 radical (unpaired) electrons. The smallest absolute Gasteiger partial charge is 0.407 e. The third-order valence-electron chi connectivity index (χ3n) is 22.0. The van der Waals surface area contributed by atoms with Gasteiger partial charge in [0.2, 0.25) is 70.9 Å². The van der Waals surface area contributed by atoms with Gasteiger partial charge in [-0.3, -0.25) is 76.9 Å². The normalized spacial score (nSPS) is 16.8. The van der Waals surface area contributed by atoms with Crippen LogP contribution in [0.1, 0.15) is 125 Å². The van der Waals surface area contributed by atoms with Crippen molar-refractivity contribution in [3.63, 3.8) is 0 Å². The number of primary amides is 1. The van der Waals surface area contributed by atoms with Crippen LogP contribution in [-0.2, 0) is 92.6 Å². The maximum absolute atomic E-state index is 15.1. The Bertz CT molecular complexity index is 4850. The summed E-state index contributed by atoms with van der Waals surface area (Å²) in [6.45, 7) is -7.28. The Hall–Kier alpha value is -11.7. The molecule has 3 aromatic rings. The van der Waals surface area contributed by atoms with Gasteiger partial charge in [0.25, 0.3) is 11.5 Å². The van der Waals surface area contributed by atoms with E-state index in [1.54, 1.807) is 7.11 Å². The lowest BCUT2D eigenvalue weighted by Crippen LogP contribution is -2.61. The number of amides is 14. The number of hydrogen-bond acceptors (Lipinski definition) is 46. The van der Waals surface area contributed by atoms with E-state index in [1.165, 1.54) is 41.3 Å². The number of carbonyl (C=O) groups is 17. The molecule has 37 N–H and O–H groups in total. The number of aliphatic carboxylic acids is 3. The highest BCUT2D eigenvalue weighted by molar-refractivity contribution is 8.77. The van der Waals surface area contributed by atoms with E-state index in [0.717, 1.165) is 58.1 Å². The van der Waals surface area contributed by atoms with Crippen LogP contribution in [0.25, 0.3) is 11.2 Å². The van der Waals surface area contributed by atoms with Crippen molar-refractivity contribution in [3.05, 3.63) is 52.1 Å². The van der Waals surface area contributed by atoms with Crippen molar-refractivity contribution in [2.45, 2.75) is 243 Å². The van der Waals surface area contributed by atoms with Crippen LogP contribution in [0.2, 0.25) is 0 Å². The average molecular weight is 2200 g/mol. The lowest BCUT2D eigenvalue weighted by molar-refractivity contribution is -0.142. The predicted molar refractivity (Wildman–Crippen MR) is 524 cm³/mol. The van der Waals surface area contributed by atoms with Crippen molar-refractivity contribution in [2.75, 3.05) is 120 Å². The highest BCUT2D eigenvalue weighted by Gasteiger charge is 2.40. The number of alkyl carbamates (subject to hydrolysis) is 1. The Balaban J connectivity index is 1.74. The molecule has 0 unspecified atom stereocenters. The second kappa shape index (κ2) is 70.4. The molecule has 0 aliphatic heterocycles. The number of fused-ring (bicyclic) bond motifs is 1. The summed E-state index contributed by atoms with van der Waals surface area (Å²) in [6, 6.07) is -9.04. The number of nitrogens with two attached hydrogens (primary N) is 2. The van der Waals surface area contributed by atoms with Crippen molar-refractivity contribution in [2.24, 2.45) is 5.73 Å². The summed E-state index contributed by atoms with van der Waals surface area (Å²) in [5.74, 6) is -20.3. The number of carboxylic acids is 3. The van der Waals surface area contributed by atoms with E-state index in [1.807, 2.05) is 0 Å². The number of aliphatic hydroxyl groups excluding tert-OH is 15. The van der Waals surface area contributed by atoms with Crippen LogP contribution < -0.4 is 91.5 Å². The Labute approximate surface area is 865 Å². The number of nitrogens with zero attached hydrogens (tertiary/aromatic N) is 3. The molecule has 60 nitrogen and oxygen atoms in total. The second-order valence-corrected chi connectivity index (χ2v) is 38.7. The van der Waals surface area contributed by atoms with Gasteiger partial charge in [0.15, 0.2) is 11.2 Å². The molecule has 64 heteroatoms. The highest BCUT2D eigenvalue weighted by Crippen LogP contribution is 2.26. The van der Waals surface area contributed by atoms with Crippen LogP contribution in [0.5, 0.6) is 0 Å². The summed E-state index contributed by atoms with van der Waals surface area (Å²) in [4.78, 5) is 259. The Morgan fingerprint density at radius 2 is 0.866 bits per heavy atom. The number of rotatable bonds is 75. The number of hydrogen-bond donors (Lipinski definition) is 35. The molecule has 838 valence electrons. The molecule has 14 amide bonds. The number of nitrogens with one attached hydrogen (secondary N) is 15. The molecule has 149 heavy (non-hydrogen) atoms. The quantitative estimate of drug-likeness (QED) is 0.0184. The average Bonchev–Trinajstić information content (AvgIpc) is 0.816. The van der Waals surface area contributed by atoms with E-state index in [2.05, 4.69) is 99.1 Å². The summed E-state index contributed by atoms with van der Waals surface area (Å²) < 4.78 is 21.2. The zero-order chi connectivity index (χ0) is 111. The Kier molecular flexibility index (Phi) is 61.3. The number of ether oxygens (including phenoxy) is 4. The van der Waals surface area contributed by atoms with Crippen LogP contribution >= 0.6 is 43.2 Å². The first kappa shape index (κ1) is 130. The van der Waals surface area contributed by atoms with Crippen molar-refractivity contribution < 1.29 is 192 Å². The fourth-order valence-corrected chi connectivity index (χ4v) is 17.4. The number of aliphatic hydroxyl groups is 15. The first-order valence-corrected chi connectivity index (χ1v) is 51.6. The van der Waals surface area contributed by atoms with Gasteiger partial charge in [-0.1, -0.05) is 56.0 Å². The number of nitrogen functional groups attached to an aromatic ring is 1. The van der Waals surface area contributed by atoms with Crippen LogP contribution in [0.4, 0.5) is 21.2 Å². The molecule has 1 aliphatic carbocycles. The van der Waals surface area contributed by atoms with Crippen LogP contribution in [-0.4, -0.2) is 450 Å². The van der Waals surface area contributed by atoms with E-state index in [9.17, 15) is 169 Å². The number of aromatic nitrogens is 4. The van der Waals surface area contributed by atoms with Gasteiger partial charge in [0.1, 0.15) is 110 Å². The summed E-state index contributed by atoms with van der Waals surface area (Å²) in [6.07, 6.45) is -33.5. The molecule has 0 spiro atoms. The topological polar surface area (TPSA) is 983 Å². The van der Waals surface area contributed by atoms with Crippen molar-refractivity contribution in [1.82, 2.24) is 89.1 Å². The first-order chi connectivity index (χ1) is 70.7. The summed E-state index contributed by atoms with van der Waals surface area (Å²) >= 11 is 0. The highest BCUT2D eigenvalue weighted by atomic mass is 33.1. The third-order valence-corrected chi connectivity index (χ3v) is 26.7. The lowest BCUT2D eigenvalue weighted by atomic mass is 9.94. The summed E-state index contributed by atoms with van der Waals surface area (Å²) in [5.41, 5.74) is 10.9. The molecule has 2 heterocycles. The predicted octanol–water partition coefficient (Wildman–Crippen LogP) is -12.3. The zero-order valence-electron chi connectivity index (χ0n) is 80.7. The van der Waals surface area contributed by atoms with E-state index in [0.29, 0.717) is 17.1 Å². The number of carbonyl (C=O) groups excluding carboxylic acids is 14. The fourth-order valence-electron chi connectivity index (χ4n) is 13.5. The maximum Gasteiger partial charge on any atom is 0.407 e. The molecule has 1 aliphatic rings. The standard InChI is InChI=1S/C85H134N20O40S4/c1-142-57-5-2-3-6-58(57)143-25-26-145-85(141)89-24-29-147-146-28-22-62(118)91-33-49(80(136)103-50(82(138)139)40-149-148-30-27-144-84(87)140)102-79(135)46(14-19-61(117)94-36-53(111)69(126)72(129)56(114)39-108)99-78(134)48(16-21-65(122)123)101-76(132)45(13-18-60(116)93-35-52(110)68(125)71(128)55(113)38-107)98-77(133)47(15-20-64(120)121)100-75(131)44(12-17-59(115)92-34-51(109)67(124)70(127)54(112)37-106)97-63(119)7-4-23-88-74(130)41-8-10-42(11-9-41)90-31-43-32-95-73-66(96-43)81(137)105-83(86)104-73/h8-11,32,44-58,67-72,90,106-114,124-129H,2-7,12-31,33-40H2,1H3,(H2,87,140)(H,88,130)(H,89,141)(H,91,118)(H,92,115)(H,93,116)(H,94,117)(H,97,119)(H,98,133)(H,99,134)(H,100,131)(H,101,132)(H,102,135)(H,103,136)(H,120,121)(H,122,123)(H,138,139)(H3,86,95,104,105,137)/t44-,45-,46-,47-,48-,49-,50-,51-,52-,53-,54+,55+,56+,57+,58+,67+,68+,69+,70+,71+,72+/m0/s1. The van der Waals surface area contributed by atoms with Gasteiger partial charge >= 0.3 is 30.1 Å². The Morgan fingerprint density at radius 3 is 1.33 bits per heavy atom. The van der Waals surface area contributed by atoms with Gasteiger partial charge in [0, 0.05) is 126 Å². The molecule has 21 atom stereocenters. The third kappa shape index (κ3) is 50.2. The van der Waals surface area contributed by atoms with E-state index in [-0.39, 0.29) is 98.7 Å². The molecule has 4 rings (SSSR count). The van der Waals surface area contributed by atoms with Gasteiger partial charge in [0.05, 0.1) is 75.4 Å². The van der Waals surface area contributed by atoms with Gasteiger partial charge in [-0.05, 0) is 75.6 Å². The maximum atomic E-state index is 15.1. The molecule has 2 aromatic heterocycles. The lowest BCUT2D eigenvalue weighted by Gasteiger charge is -2.30. The molecule has 0 bridgehead atoms. The second-order valence-electron chi connectivity index (χ2n) is 33.4. The van der Waals surface area contributed by atoms with Crippen LogP contribution in [0.3, 0.4) is 0 Å². The number of benzene rings is 1. The Morgan fingerprint density at radius 1 is 0.443 bits per heavy atom. The molecular weight excluding hydrogens is 2070 g/mol. The van der Waals surface area contributed by atoms with Gasteiger partial charge in [-0.2, -0.15) is 4.98 Å². The number of anilines is 2. The minimum atomic E-state index is -2.31. The summed E-state index contributed by atoms with van der Waals surface area (Å²) in [7, 11) is 5.75. The number of methoxy groups -OCH3 is 1. The number of aromatic amines is 1. The minimum absolute atomic E-state index is 0.00781. The molecule has 1 saturated carbocycles. The monoisotopic (exact) mass is 2200 g/mol. The number of carboxylic acid groups (broad SMARTS) is 3. The fraction of sp³-hybridized carbons (Fsp3) is 0.659. The minimum Gasteiger partial charge on any atom is -0.481 e. The van der Waals surface area contributed by atoms with Crippen LogP contribution in [0, 0.1) is 0 Å². The van der Waals surface area contributed by atoms with Gasteiger partial charge in [-0.15, -0.1) is 0 Å². The molecule has 1 fully saturated rings. The van der Waals surface area contributed by atoms with Crippen molar-refractivity contribution in [3.8, 4) is 0 Å². The van der Waals surface area contributed by atoms with Crippen LogP contribution in [0.15, 0.2) is 35.3 Å². The zero-order valence-corrected chi connectivity index (χ0v) is 84.0. The summed E-state index contributed by atoms with van der Waals surface area (Å²) in [5, 5.41) is 214. The molecule has 0 saturated heterocycles. The van der Waals surface area contributed by atoms with E-state index in [4.69, 9.17) is 25.7 Å². The molecular formula is C85H134N20O40S4. The van der Waals surface area contributed by atoms with E-state index < -0.39 is 344 Å². The number of H-pyrrole nitrogens is 1. The SMILES string of the molecule is CO[C@@H]1CCCC[C@H]1OCCOC(=O)NCCSSCCC(=O)NC[C@H](NC(=O)[C@H](CCC(=O)NC[C@H](O)[C@@H](O)[C@H](O)[C@H](O)CO)NC(=O)[C@H](CCC(=O)O)NC(=O)[C@H](CCC(=O)NC[C@H](O)[C@@H](O)[C@H](O)[C@H](O)CO)NC(=O)[C@H](CCC(=O)O)NC(=O)[C@H](CCC(=O)NC[C@H](O)[C@@H](O)[C@H](O)[C@H](O)CO)NC(=O)CCCNC(=O)c1ccc(NCc2cnc3nc(N)[nH]c(=O)c3n2)cc1)C(=O)N[C@@H](CSSCCOC(N)=O)C(=O)O.